The van der Waals surface area contributed by atoms with E-state index in [2.05, 4.69) is 15.3 Å². The molecule has 0 aliphatic carbocycles. The molecule has 15 heavy (non-hydrogen) atoms. The Bertz CT molecular complexity index is 366. The van der Waals surface area contributed by atoms with Crippen LogP contribution in [0.2, 0.25) is 0 Å². The Labute approximate surface area is 87.3 Å². The number of anilines is 1. The van der Waals surface area contributed by atoms with Crippen LogP contribution < -0.4 is 5.32 Å². The van der Waals surface area contributed by atoms with Crippen LogP contribution in [0, 0.1) is 11.3 Å². The highest BCUT2D eigenvalue weighted by Gasteiger charge is 2.09. The Morgan fingerprint density at radius 1 is 1.80 bits per heavy atom. The number of carbonyl (C=O) groups excluding carboxylic acids is 1. The number of H-pyrrole nitrogens is 1. The maximum atomic E-state index is 11.2. The van der Waals surface area contributed by atoms with Gasteiger partial charge in [0.2, 0.25) is 0 Å². The second kappa shape index (κ2) is 5.65. The van der Waals surface area contributed by atoms with Gasteiger partial charge in [0, 0.05) is 0 Å². The van der Waals surface area contributed by atoms with Gasteiger partial charge >= 0.3 is 6.09 Å². The van der Waals surface area contributed by atoms with Gasteiger partial charge in [-0.15, -0.1) is 0 Å². The molecule has 2 N–H and O–H groups in total. The van der Waals surface area contributed by atoms with E-state index in [0.717, 1.165) is 12.8 Å². The lowest BCUT2D eigenvalue weighted by molar-refractivity contribution is 0.160. The SMILES string of the molecule is CCCCOC(=O)Nc1nc[nH]c1C#N. The summed E-state index contributed by atoms with van der Waals surface area (Å²) < 4.78 is 4.84. The van der Waals surface area contributed by atoms with Gasteiger partial charge in [-0.3, -0.25) is 5.32 Å². The zero-order valence-corrected chi connectivity index (χ0v) is 8.41. The molecule has 0 saturated carbocycles. The predicted molar refractivity (Wildman–Crippen MR) is 53.2 cm³/mol. The van der Waals surface area contributed by atoms with Crippen LogP contribution in [-0.4, -0.2) is 22.7 Å². The van der Waals surface area contributed by atoms with Crippen molar-refractivity contribution in [1.29, 1.82) is 5.26 Å². The van der Waals surface area contributed by atoms with E-state index in [1.165, 1.54) is 6.33 Å². The molecule has 0 atom stereocenters. The topological polar surface area (TPSA) is 90.8 Å². The third-order valence-corrected chi connectivity index (χ3v) is 1.70. The van der Waals surface area contributed by atoms with E-state index in [9.17, 15) is 4.79 Å². The zero-order chi connectivity index (χ0) is 11.1. The minimum Gasteiger partial charge on any atom is -0.449 e. The van der Waals surface area contributed by atoms with Gasteiger partial charge < -0.3 is 9.72 Å². The molecule has 0 saturated heterocycles. The second-order valence-electron chi connectivity index (χ2n) is 2.85. The zero-order valence-electron chi connectivity index (χ0n) is 8.41. The summed E-state index contributed by atoms with van der Waals surface area (Å²) in [6.07, 6.45) is 2.52. The Balaban J connectivity index is 2.42. The standard InChI is InChI=1S/C9H12N4O2/c1-2-3-4-15-9(14)13-8-7(5-10)11-6-12-8/h6H,2-4H2,1H3,(H,11,12)(H,13,14). The molecule has 0 aromatic carbocycles. The van der Waals surface area contributed by atoms with Gasteiger partial charge in [0.1, 0.15) is 6.07 Å². The van der Waals surface area contributed by atoms with Crippen LogP contribution >= 0.6 is 0 Å². The van der Waals surface area contributed by atoms with Gasteiger partial charge in [-0.05, 0) is 6.42 Å². The minimum absolute atomic E-state index is 0.194. The largest absolute Gasteiger partial charge is 0.449 e. The number of rotatable bonds is 4. The molecule has 0 fully saturated rings. The first-order valence-electron chi connectivity index (χ1n) is 4.65. The smallest absolute Gasteiger partial charge is 0.412 e. The molecule has 1 rings (SSSR count). The second-order valence-corrected chi connectivity index (χ2v) is 2.85. The van der Waals surface area contributed by atoms with Crippen molar-refractivity contribution in [3.05, 3.63) is 12.0 Å². The highest BCUT2D eigenvalue weighted by molar-refractivity contribution is 5.84. The molecule has 1 aromatic rings. The molecule has 0 spiro atoms. The lowest BCUT2D eigenvalue weighted by Crippen LogP contribution is -2.15. The summed E-state index contributed by atoms with van der Waals surface area (Å²) in [6, 6.07) is 1.86. The monoisotopic (exact) mass is 208 g/mol. The Kier molecular flexibility index (Phi) is 4.16. The van der Waals surface area contributed by atoms with Crippen molar-refractivity contribution in [3.63, 3.8) is 0 Å². The van der Waals surface area contributed by atoms with Crippen LogP contribution in [0.15, 0.2) is 6.33 Å². The molecule has 0 unspecified atom stereocenters. The van der Waals surface area contributed by atoms with E-state index >= 15 is 0 Å². The van der Waals surface area contributed by atoms with Gasteiger partial charge in [0.15, 0.2) is 11.5 Å². The third kappa shape index (κ3) is 3.31. The average molecular weight is 208 g/mol. The first kappa shape index (κ1) is 11.0. The molecule has 1 heterocycles. The van der Waals surface area contributed by atoms with Gasteiger partial charge in [0.05, 0.1) is 12.9 Å². The summed E-state index contributed by atoms with van der Waals surface area (Å²) in [7, 11) is 0. The van der Waals surface area contributed by atoms with Crippen molar-refractivity contribution in [1.82, 2.24) is 9.97 Å². The van der Waals surface area contributed by atoms with Crippen molar-refractivity contribution >= 4 is 11.9 Å². The Morgan fingerprint density at radius 2 is 2.60 bits per heavy atom. The molecule has 0 aliphatic heterocycles. The number of hydrogen-bond donors (Lipinski definition) is 2. The van der Waals surface area contributed by atoms with E-state index in [0.29, 0.717) is 6.61 Å². The van der Waals surface area contributed by atoms with Crippen molar-refractivity contribution in [2.24, 2.45) is 0 Å². The first-order valence-corrected chi connectivity index (χ1v) is 4.65. The lowest BCUT2D eigenvalue weighted by Gasteiger charge is -2.03. The number of nitrogens with zero attached hydrogens (tertiary/aromatic N) is 2. The molecule has 6 nitrogen and oxygen atoms in total. The van der Waals surface area contributed by atoms with Crippen LogP contribution in [0.4, 0.5) is 10.6 Å². The number of aromatic nitrogens is 2. The maximum absolute atomic E-state index is 11.2. The molecule has 0 aliphatic rings. The highest BCUT2D eigenvalue weighted by Crippen LogP contribution is 2.07. The van der Waals surface area contributed by atoms with E-state index in [4.69, 9.17) is 10.00 Å². The van der Waals surface area contributed by atoms with Gasteiger partial charge in [-0.25, -0.2) is 9.78 Å². The molecule has 0 radical (unpaired) electrons. The fourth-order valence-electron chi connectivity index (χ4n) is 0.916. The number of imidazole rings is 1. The summed E-state index contributed by atoms with van der Waals surface area (Å²) in [5.41, 5.74) is 0.211. The number of carbonyl (C=O) groups is 1. The number of ether oxygens (including phenoxy) is 1. The fraction of sp³-hybridized carbons (Fsp3) is 0.444. The average Bonchev–Trinajstić information content (AvgIpc) is 2.65. The third-order valence-electron chi connectivity index (χ3n) is 1.70. The Morgan fingerprint density at radius 3 is 3.27 bits per heavy atom. The van der Waals surface area contributed by atoms with Crippen LogP contribution in [0.3, 0.4) is 0 Å². The first-order chi connectivity index (χ1) is 7.27. The number of hydrogen-bond acceptors (Lipinski definition) is 4. The molecular weight excluding hydrogens is 196 g/mol. The van der Waals surface area contributed by atoms with Crippen LogP contribution in [0.1, 0.15) is 25.5 Å². The van der Waals surface area contributed by atoms with E-state index in [1.54, 1.807) is 0 Å². The molecule has 1 amide bonds. The predicted octanol–water partition coefficient (Wildman–Crippen LogP) is 1.63. The van der Waals surface area contributed by atoms with Crippen LogP contribution in [0.25, 0.3) is 0 Å². The molecular formula is C9H12N4O2. The fourth-order valence-corrected chi connectivity index (χ4v) is 0.916. The molecule has 80 valence electrons. The summed E-state index contributed by atoms with van der Waals surface area (Å²) in [4.78, 5) is 17.5. The number of amides is 1. The Hall–Kier alpha value is -2.03. The highest BCUT2D eigenvalue weighted by atomic mass is 16.5. The minimum atomic E-state index is -0.591. The van der Waals surface area contributed by atoms with Crippen LogP contribution in [-0.2, 0) is 4.74 Å². The molecule has 6 heteroatoms. The van der Waals surface area contributed by atoms with E-state index < -0.39 is 6.09 Å². The number of unbranched alkanes of at least 4 members (excludes halogenated alkanes) is 1. The summed E-state index contributed by atoms with van der Waals surface area (Å²) in [5.74, 6) is 0.194. The van der Waals surface area contributed by atoms with Crippen molar-refractivity contribution in [3.8, 4) is 6.07 Å². The lowest BCUT2D eigenvalue weighted by atomic mass is 10.4. The molecule has 1 aromatic heterocycles. The normalized spacial score (nSPS) is 9.33. The van der Waals surface area contributed by atoms with Crippen molar-refractivity contribution in [2.45, 2.75) is 19.8 Å². The van der Waals surface area contributed by atoms with Crippen LogP contribution in [0.5, 0.6) is 0 Å². The van der Waals surface area contributed by atoms with Gasteiger partial charge in [0.25, 0.3) is 0 Å². The number of aromatic amines is 1. The van der Waals surface area contributed by atoms with Gasteiger partial charge in [-0.1, -0.05) is 13.3 Å². The van der Waals surface area contributed by atoms with E-state index in [1.807, 2.05) is 13.0 Å². The van der Waals surface area contributed by atoms with Crippen molar-refractivity contribution in [2.75, 3.05) is 11.9 Å². The summed E-state index contributed by atoms with van der Waals surface area (Å²) >= 11 is 0. The summed E-state index contributed by atoms with van der Waals surface area (Å²) in [6.45, 7) is 2.37. The number of nitriles is 1. The summed E-state index contributed by atoms with van der Waals surface area (Å²) in [5, 5.41) is 11.0. The van der Waals surface area contributed by atoms with Gasteiger partial charge in [-0.2, -0.15) is 5.26 Å². The van der Waals surface area contributed by atoms with Crippen molar-refractivity contribution < 1.29 is 9.53 Å². The quantitative estimate of drug-likeness (QED) is 0.735. The van der Waals surface area contributed by atoms with E-state index in [-0.39, 0.29) is 11.5 Å². The number of nitrogens with one attached hydrogen (secondary N) is 2. The maximum Gasteiger partial charge on any atom is 0.412 e. The molecule has 0 bridgehead atoms.